The van der Waals surface area contributed by atoms with Crippen LogP contribution in [0.4, 0.5) is 5.69 Å². The van der Waals surface area contributed by atoms with Gasteiger partial charge in [-0.15, -0.1) is 0 Å². The van der Waals surface area contributed by atoms with E-state index in [0.29, 0.717) is 13.2 Å². The van der Waals surface area contributed by atoms with Gasteiger partial charge in [0.1, 0.15) is 0 Å². The number of nitrogens with one attached hydrogen (secondary N) is 2. The van der Waals surface area contributed by atoms with Crippen LogP contribution in [0.15, 0.2) is 22.7 Å². The number of aryl methyl sites for hydroxylation is 1. The molecule has 0 aliphatic carbocycles. The van der Waals surface area contributed by atoms with Crippen molar-refractivity contribution >= 4 is 27.5 Å². The number of carbonyl (C=O) groups is 1. The van der Waals surface area contributed by atoms with Crippen LogP contribution in [0.5, 0.6) is 0 Å². The largest absolute Gasteiger partial charge is 0.374 e. The van der Waals surface area contributed by atoms with Crippen molar-refractivity contribution in [3.63, 3.8) is 0 Å². The highest BCUT2D eigenvalue weighted by Crippen LogP contribution is 2.23. The van der Waals surface area contributed by atoms with E-state index in [1.165, 1.54) is 0 Å². The van der Waals surface area contributed by atoms with Gasteiger partial charge in [0.15, 0.2) is 0 Å². The second-order valence-corrected chi connectivity index (χ2v) is 6.17. The fourth-order valence-corrected chi connectivity index (χ4v) is 2.98. The summed E-state index contributed by atoms with van der Waals surface area (Å²) in [5, 5.41) is 6.05. The van der Waals surface area contributed by atoms with Gasteiger partial charge in [-0.25, -0.2) is 0 Å². The fraction of sp³-hybridized carbons (Fsp3) is 0.533. The Hall–Kier alpha value is -0.950. The van der Waals surface area contributed by atoms with E-state index in [4.69, 9.17) is 4.74 Å². The van der Waals surface area contributed by atoms with E-state index in [-0.39, 0.29) is 12.0 Å². The lowest BCUT2D eigenvalue weighted by Crippen LogP contribution is -2.48. The molecule has 5 nitrogen and oxygen atoms in total. The summed E-state index contributed by atoms with van der Waals surface area (Å²) in [7, 11) is 1.91. The van der Waals surface area contributed by atoms with Crippen molar-refractivity contribution < 1.29 is 9.53 Å². The number of hydrogen-bond acceptors (Lipinski definition) is 4. The average molecular weight is 356 g/mol. The maximum absolute atomic E-state index is 12.2. The van der Waals surface area contributed by atoms with Crippen LogP contribution in [-0.2, 0) is 9.53 Å². The molecule has 1 unspecified atom stereocenters. The first-order chi connectivity index (χ1) is 10.1. The van der Waals surface area contributed by atoms with E-state index in [9.17, 15) is 4.79 Å². The number of halogens is 1. The Kier molecular flexibility index (Phi) is 6.17. The Bertz CT molecular complexity index is 494. The monoisotopic (exact) mass is 355 g/mol. The molecule has 0 bridgehead atoms. The maximum atomic E-state index is 12.2. The van der Waals surface area contributed by atoms with Gasteiger partial charge in [-0.1, -0.05) is 6.07 Å². The van der Waals surface area contributed by atoms with Gasteiger partial charge in [-0.3, -0.25) is 9.69 Å². The zero-order valence-electron chi connectivity index (χ0n) is 12.5. The molecule has 116 valence electrons. The quantitative estimate of drug-likeness (QED) is 0.842. The minimum atomic E-state index is 0.00432. The summed E-state index contributed by atoms with van der Waals surface area (Å²) in [6, 6.07) is 5.89. The third kappa shape index (κ3) is 5.07. The molecule has 1 atom stereocenters. The van der Waals surface area contributed by atoms with Gasteiger partial charge in [0.2, 0.25) is 5.91 Å². The summed E-state index contributed by atoms with van der Waals surface area (Å²) in [5.74, 6) is 0.00432. The van der Waals surface area contributed by atoms with E-state index in [0.717, 1.165) is 35.4 Å². The van der Waals surface area contributed by atoms with Crippen LogP contribution in [0.25, 0.3) is 0 Å². The van der Waals surface area contributed by atoms with E-state index in [1.807, 2.05) is 32.2 Å². The lowest BCUT2D eigenvalue weighted by Gasteiger charge is -2.32. The number of anilines is 1. The number of rotatable bonds is 5. The van der Waals surface area contributed by atoms with Crippen molar-refractivity contribution in [2.75, 3.05) is 45.2 Å². The first kappa shape index (κ1) is 16.4. The van der Waals surface area contributed by atoms with Gasteiger partial charge in [-0.2, -0.15) is 0 Å². The Balaban J connectivity index is 1.86. The fourth-order valence-electron chi connectivity index (χ4n) is 2.39. The van der Waals surface area contributed by atoms with E-state index >= 15 is 0 Å². The molecule has 0 saturated carbocycles. The van der Waals surface area contributed by atoms with Gasteiger partial charge in [0.25, 0.3) is 0 Å². The van der Waals surface area contributed by atoms with Crippen molar-refractivity contribution in [3.05, 3.63) is 28.2 Å². The Morgan fingerprint density at radius 2 is 2.33 bits per heavy atom. The molecule has 0 spiro atoms. The smallest absolute Gasteiger partial charge is 0.238 e. The van der Waals surface area contributed by atoms with Gasteiger partial charge < -0.3 is 15.4 Å². The number of benzene rings is 1. The lowest BCUT2D eigenvalue weighted by atomic mass is 10.2. The number of nitrogens with zero attached hydrogens (tertiary/aromatic N) is 1. The molecule has 1 amide bonds. The molecule has 1 aliphatic heterocycles. The third-order valence-corrected chi connectivity index (χ3v) is 4.08. The third-order valence-electron chi connectivity index (χ3n) is 3.42. The summed E-state index contributed by atoms with van der Waals surface area (Å²) in [6.45, 7) is 5.47. The van der Waals surface area contributed by atoms with Crippen molar-refractivity contribution in [2.24, 2.45) is 0 Å². The predicted molar refractivity (Wildman–Crippen MR) is 87.6 cm³/mol. The molecule has 1 fully saturated rings. The summed E-state index contributed by atoms with van der Waals surface area (Å²) in [4.78, 5) is 14.3. The van der Waals surface area contributed by atoms with E-state index in [1.54, 1.807) is 0 Å². The highest BCUT2D eigenvalue weighted by Gasteiger charge is 2.21. The number of amides is 1. The SMILES string of the molecule is CNCC1CN(CC(=O)Nc2ccc(C)cc2Br)CCO1. The summed E-state index contributed by atoms with van der Waals surface area (Å²) in [5.41, 5.74) is 1.97. The highest BCUT2D eigenvalue weighted by atomic mass is 79.9. The van der Waals surface area contributed by atoms with Gasteiger partial charge in [-0.05, 0) is 47.6 Å². The highest BCUT2D eigenvalue weighted by molar-refractivity contribution is 9.10. The Morgan fingerprint density at radius 1 is 1.52 bits per heavy atom. The zero-order valence-corrected chi connectivity index (χ0v) is 14.1. The van der Waals surface area contributed by atoms with Crippen LogP contribution in [0.1, 0.15) is 5.56 Å². The minimum absolute atomic E-state index is 0.00432. The number of hydrogen-bond donors (Lipinski definition) is 2. The molecule has 0 aromatic heterocycles. The van der Waals surface area contributed by atoms with Crippen molar-refractivity contribution in [1.29, 1.82) is 0 Å². The van der Waals surface area contributed by atoms with Crippen LogP contribution < -0.4 is 10.6 Å². The van der Waals surface area contributed by atoms with Gasteiger partial charge in [0, 0.05) is 24.1 Å². The molecule has 6 heteroatoms. The first-order valence-electron chi connectivity index (χ1n) is 7.13. The number of carbonyl (C=O) groups excluding carboxylic acids is 1. The molecule has 2 rings (SSSR count). The summed E-state index contributed by atoms with van der Waals surface area (Å²) < 4.78 is 6.55. The van der Waals surface area contributed by atoms with Crippen LogP contribution in [0.2, 0.25) is 0 Å². The van der Waals surface area contributed by atoms with Crippen LogP contribution >= 0.6 is 15.9 Å². The molecular formula is C15H22BrN3O2. The number of morpholine rings is 1. The van der Waals surface area contributed by atoms with Crippen molar-refractivity contribution in [1.82, 2.24) is 10.2 Å². The van der Waals surface area contributed by atoms with Crippen LogP contribution in [0, 0.1) is 6.92 Å². The predicted octanol–water partition coefficient (Wildman–Crippen LogP) is 1.62. The van der Waals surface area contributed by atoms with Crippen molar-refractivity contribution in [2.45, 2.75) is 13.0 Å². The van der Waals surface area contributed by atoms with Gasteiger partial charge in [0.05, 0.1) is 24.9 Å². The molecule has 1 aromatic rings. The molecule has 1 aromatic carbocycles. The summed E-state index contributed by atoms with van der Waals surface area (Å²) >= 11 is 3.47. The molecule has 1 heterocycles. The zero-order chi connectivity index (χ0) is 15.2. The lowest BCUT2D eigenvalue weighted by molar-refractivity contribution is -0.119. The minimum Gasteiger partial charge on any atom is -0.374 e. The van der Waals surface area contributed by atoms with Gasteiger partial charge >= 0.3 is 0 Å². The first-order valence-corrected chi connectivity index (χ1v) is 7.92. The second kappa shape index (κ2) is 7.89. The molecule has 21 heavy (non-hydrogen) atoms. The molecule has 1 aliphatic rings. The second-order valence-electron chi connectivity index (χ2n) is 5.32. The summed E-state index contributed by atoms with van der Waals surface area (Å²) in [6.07, 6.45) is 0.155. The molecular weight excluding hydrogens is 334 g/mol. The molecule has 0 radical (unpaired) electrons. The number of ether oxygens (including phenoxy) is 1. The Morgan fingerprint density at radius 3 is 3.05 bits per heavy atom. The Labute approximate surface area is 134 Å². The van der Waals surface area contributed by atoms with Crippen LogP contribution in [0.3, 0.4) is 0 Å². The van der Waals surface area contributed by atoms with E-state index in [2.05, 4.69) is 31.5 Å². The van der Waals surface area contributed by atoms with Crippen LogP contribution in [-0.4, -0.2) is 56.7 Å². The standard InChI is InChI=1S/C15H22BrN3O2/c1-11-3-4-14(13(16)7-11)18-15(20)10-19-5-6-21-12(9-19)8-17-2/h3-4,7,12,17H,5-6,8-10H2,1-2H3,(H,18,20). The van der Waals surface area contributed by atoms with Crippen molar-refractivity contribution in [3.8, 4) is 0 Å². The topological polar surface area (TPSA) is 53.6 Å². The van der Waals surface area contributed by atoms with E-state index < -0.39 is 0 Å². The number of likely N-dealkylation sites (N-methyl/N-ethyl adjacent to an activating group) is 1. The maximum Gasteiger partial charge on any atom is 0.238 e. The molecule has 2 N–H and O–H groups in total. The average Bonchev–Trinajstić information content (AvgIpc) is 2.43. The normalized spacial score (nSPS) is 19.5. The molecule has 1 saturated heterocycles.